The van der Waals surface area contributed by atoms with Crippen molar-refractivity contribution >= 4 is 11.3 Å². The summed E-state index contributed by atoms with van der Waals surface area (Å²) in [7, 11) is 1.70. The quantitative estimate of drug-likeness (QED) is 0.777. The van der Waals surface area contributed by atoms with E-state index in [4.69, 9.17) is 9.47 Å². The van der Waals surface area contributed by atoms with E-state index in [9.17, 15) is 0 Å². The van der Waals surface area contributed by atoms with Gasteiger partial charge in [-0.3, -0.25) is 0 Å². The molecule has 0 spiro atoms. The molecular formula is C13H23NO2S. The molecule has 0 aliphatic carbocycles. The van der Waals surface area contributed by atoms with Gasteiger partial charge < -0.3 is 14.8 Å². The topological polar surface area (TPSA) is 30.5 Å². The largest absolute Gasteiger partial charge is 0.382 e. The highest BCUT2D eigenvalue weighted by molar-refractivity contribution is 7.12. The van der Waals surface area contributed by atoms with Crippen LogP contribution in [0.3, 0.4) is 0 Å². The molecule has 0 aliphatic heterocycles. The molecule has 1 rings (SSSR count). The van der Waals surface area contributed by atoms with Gasteiger partial charge in [0, 0.05) is 23.4 Å². The third-order valence-corrected chi connectivity index (χ3v) is 3.64. The predicted molar refractivity (Wildman–Crippen MR) is 72.6 cm³/mol. The summed E-state index contributed by atoms with van der Waals surface area (Å²) < 4.78 is 10.8. The van der Waals surface area contributed by atoms with Crippen LogP contribution in [0.1, 0.15) is 29.2 Å². The molecule has 3 nitrogen and oxygen atoms in total. The van der Waals surface area contributed by atoms with Crippen molar-refractivity contribution in [1.82, 2.24) is 5.32 Å². The lowest BCUT2D eigenvalue weighted by molar-refractivity contribution is -0.000171. The molecule has 1 atom stereocenters. The summed E-state index contributed by atoms with van der Waals surface area (Å²) in [5.74, 6) is 0. The molecule has 17 heavy (non-hydrogen) atoms. The van der Waals surface area contributed by atoms with Crippen LogP contribution in [0.5, 0.6) is 0 Å². The highest BCUT2D eigenvalue weighted by Gasteiger charge is 2.07. The second kappa shape index (κ2) is 7.82. The van der Waals surface area contributed by atoms with Crippen LogP contribution in [0, 0.1) is 6.92 Å². The molecule has 0 radical (unpaired) electrons. The zero-order chi connectivity index (χ0) is 12.7. The van der Waals surface area contributed by atoms with Gasteiger partial charge in [0.15, 0.2) is 0 Å². The van der Waals surface area contributed by atoms with Gasteiger partial charge in [-0.15, -0.1) is 11.3 Å². The third-order valence-electron chi connectivity index (χ3n) is 2.55. The summed E-state index contributed by atoms with van der Waals surface area (Å²) >= 11 is 1.85. The molecule has 0 saturated carbocycles. The van der Waals surface area contributed by atoms with E-state index in [1.807, 2.05) is 18.3 Å². The number of aryl methyl sites for hydroxylation is 1. The van der Waals surface area contributed by atoms with Crippen LogP contribution in [0.25, 0.3) is 0 Å². The fourth-order valence-corrected chi connectivity index (χ4v) is 2.60. The minimum Gasteiger partial charge on any atom is -0.382 e. The van der Waals surface area contributed by atoms with Gasteiger partial charge in [0.05, 0.1) is 19.3 Å². The number of nitrogens with one attached hydrogen (secondary N) is 1. The van der Waals surface area contributed by atoms with Crippen molar-refractivity contribution < 1.29 is 9.47 Å². The third kappa shape index (κ3) is 5.17. The lowest BCUT2D eigenvalue weighted by Gasteiger charge is -2.11. The van der Waals surface area contributed by atoms with E-state index in [0.717, 1.165) is 13.1 Å². The summed E-state index contributed by atoms with van der Waals surface area (Å²) in [5.41, 5.74) is 1.30. The van der Waals surface area contributed by atoms with E-state index in [0.29, 0.717) is 13.2 Å². The summed E-state index contributed by atoms with van der Waals surface area (Å²) in [4.78, 5) is 2.73. The summed E-state index contributed by atoms with van der Waals surface area (Å²) in [6.07, 6.45) is 0.150. The molecule has 0 bridgehead atoms. The zero-order valence-electron chi connectivity index (χ0n) is 11.2. The molecule has 0 saturated heterocycles. The van der Waals surface area contributed by atoms with Crippen molar-refractivity contribution in [2.24, 2.45) is 0 Å². The maximum Gasteiger partial charge on any atom is 0.0784 e. The lowest BCUT2D eigenvalue weighted by atomic mass is 10.2. The summed E-state index contributed by atoms with van der Waals surface area (Å²) in [6.45, 7) is 9.59. The SMILES string of the molecule is CCNCc1cc(COC(C)COC)c(C)s1. The Bertz CT molecular complexity index is 325. The van der Waals surface area contributed by atoms with Gasteiger partial charge in [-0.2, -0.15) is 0 Å². The van der Waals surface area contributed by atoms with Gasteiger partial charge in [0.2, 0.25) is 0 Å². The van der Waals surface area contributed by atoms with Crippen LogP contribution < -0.4 is 5.32 Å². The minimum absolute atomic E-state index is 0.150. The number of hydrogen-bond donors (Lipinski definition) is 1. The maximum absolute atomic E-state index is 5.73. The molecule has 0 aliphatic rings. The Morgan fingerprint density at radius 1 is 1.47 bits per heavy atom. The molecular weight excluding hydrogens is 234 g/mol. The highest BCUT2D eigenvalue weighted by Crippen LogP contribution is 2.22. The Kier molecular flexibility index (Phi) is 6.73. The van der Waals surface area contributed by atoms with Crippen LogP contribution in [0.2, 0.25) is 0 Å². The predicted octanol–water partition coefficient (Wildman–Crippen LogP) is 2.72. The van der Waals surface area contributed by atoms with Crippen LogP contribution in [0.15, 0.2) is 6.07 Å². The Hall–Kier alpha value is -0.420. The highest BCUT2D eigenvalue weighted by atomic mass is 32.1. The van der Waals surface area contributed by atoms with Crippen LogP contribution in [0.4, 0.5) is 0 Å². The number of rotatable bonds is 8. The van der Waals surface area contributed by atoms with E-state index in [1.54, 1.807) is 7.11 Å². The van der Waals surface area contributed by atoms with Crippen molar-refractivity contribution in [2.75, 3.05) is 20.3 Å². The Labute approximate surface area is 108 Å². The molecule has 0 aromatic carbocycles. The standard InChI is InChI=1S/C13H23NO2S/c1-5-14-7-13-6-12(11(3)17-13)9-16-10(2)8-15-4/h6,10,14H,5,7-9H2,1-4H3. The fourth-order valence-electron chi connectivity index (χ4n) is 1.58. The van der Waals surface area contributed by atoms with Crippen LogP contribution >= 0.6 is 11.3 Å². The Morgan fingerprint density at radius 2 is 2.24 bits per heavy atom. The first-order valence-electron chi connectivity index (χ1n) is 6.06. The van der Waals surface area contributed by atoms with Crippen molar-refractivity contribution in [3.05, 3.63) is 21.4 Å². The van der Waals surface area contributed by atoms with Crippen molar-refractivity contribution in [3.63, 3.8) is 0 Å². The van der Waals surface area contributed by atoms with Gasteiger partial charge >= 0.3 is 0 Å². The summed E-state index contributed by atoms with van der Waals surface area (Å²) in [5, 5.41) is 3.34. The zero-order valence-corrected chi connectivity index (χ0v) is 12.0. The first kappa shape index (κ1) is 14.6. The molecule has 1 heterocycles. The van der Waals surface area contributed by atoms with Crippen molar-refractivity contribution in [3.8, 4) is 0 Å². The number of methoxy groups -OCH3 is 1. The molecule has 0 amide bonds. The lowest BCUT2D eigenvalue weighted by Crippen LogP contribution is -2.14. The first-order chi connectivity index (χ1) is 8.17. The summed E-state index contributed by atoms with van der Waals surface area (Å²) in [6, 6.07) is 2.24. The smallest absolute Gasteiger partial charge is 0.0784 e. The minimum atomic E-state index is 0.150. The average molecular weight is 257 g/mol. The van der Waals surface area contributed by atoms with Crippen LogP contribution in [-0.2, 0) is 22.6 Å². The van der Waals surface area contributed by atoms with Crippen molar-refractivity contribution in [2.45, 2.75) is 40.0 Å². The first-order valence-corrected chi connectivity index (χ1v) is 6.88. The van der Waals surface area contributed by atoms with Gasteiger partial charge in [-0.25, -0.2) is 0 Å². The van der Waals surface area contributed by atoms with Crippen molar-refractivity contribution in [1.29, 1.82) is 0 Å². The van der Waals surface area contributed by atoms with Gasteiger partial charge in [-0.05, 0) is 32.0 Å². The Morgan fingerprint density at radius 3 is 2.88 bits per heavy atom. The van der Waals surface area contributed by atoms with E-state index in [2.05, 4.69) is 25.2 Å². The van der Waals surface area contributed by atoms with E-state index in [1.165, 1.54) is 15.3 Å². The maximum atomic E-state index is 5.73. The van der Waals surface area contributed by atoms with Gasteiger partial charge in [-0.1, -0.05) is 6.92 Å². The molecule has 1 unspecified atom stereocenters. The normalized spacial score (nSPS) is 12.9. The average Bonchev–Trinajstić information content (AvgIpc) is 2.65. The molecule has 1 aromatic heterocycles. The number of thiophene rings is 1. The molecule has 1 N–H and O–H groups in total. The van der Waals surface area contributed by atoms with Crippen LogP contribution in [-0.4, -0.2) is 26.4 Å². The fraction of sp³-hybridized carbons (Fsp3) is 0.692. The van der Waals surface area contributed by atoms with Gasteiger partial charge in [0.25, 0.3) is 0 Å². The number of hydrogen-bond acceptors (Lipinski definition) is 4. The molecule has 4 heteroatoms. The molecule has 98 valence electrons. The number of ether oxygens (including phenoxy) is 2. The molecule has 0 fully saturated rings. The monoisotopic (exact) mass is 257 g/mol. The second-order valence-corrected chi connectivity index (χ2v) is 5.49. The van der Waals surface area contributed by atoms with Gasteiger partial charge in [0.1, 0.15) is 0 Å². The molecule has 1 aromatic rings. The van der Waals surface area contributed by atoms with E-state index >= 15 is 0 Å². The van der Waals surface area contributed by atoms with E-state index < -0.39 is 0 Å². The Balaban J connectivity index is 2.44. The second-order valence-electron chi connectivity index (χ2n) is 4.15. The van der Waals surface area contributed by atoms with E-state index in [-0.39, 0.29) is 6.10 Å².